The molecule has 0 saturated carbocycles. The van der Waals surface area contributed by atoms with E-state index < -0.39 is 0 Å². The summed E-state index contributed by atoms with van der Waals surface area (Å²) in [6.45, 7) is 2.23. The summed E-state index contributed by atoms with van der Waals surface area (Å²) < 4.78 is 5.21. The third-order valence-corrected chi connectivity index (χ3v) is 4.75. The number of primary amides is 1. The molecule has 20 heavy (non-hydrogen) atoms. The zero-order valence-electron chi connectivity index (χ0n) is 11.3. The zero-order valence-corrected chi connectivity index (χ0v) is 12.1. The molecular weight excluding hydrogens is 272 g/mol. The summed E-state index contributed by atoms with van der Waals surface area (Å²) in [5, 5.41) is 0.702. The quantitative estimate of drug-likeness (QED) is 0.880. The maximum atomic E-state index is 11.7. The standard InChI is InChI=1S/C15H16N2O2S/c1-9-4-5-11-12(7-9)20-15(13(11)14(16)18)17-8-10-3-2-6-19-10/h2-3,6,8-9H,4-5,7H2,1H3,(H2,16,18)/t9-/m1/s1. The molecule has 4 nitrogen and oxygen atoms in total. The van der Waals surface area contributed by atoms with Crippen molar-refractivity contribution in [2.75, 3.05) is 0 Å². The second kappa shape index (κ2) is 5.25. The summed E-state index contributed by atoms with van der Waals surface area (Å²) in [5.74, 6) is 0.938. The van der Waals surface area contributed by atoms with Gasteiger partial charge >= 0.3 is 0 Å². The van der Waals surface area contributed by atoms with Crippen LogP contribution in [-0.4, -0.2) is 12.1 Å². The van der Waals surface area contributed by atoms with Crippen molar-refractivity contribution in [3.05, 3.63) is 40.2 Å². The fourth-order valence-electron chi connectivity index (χ4n) is 2.57. The van der Waals surface area contributed by atoms with Crippen LogP contribution in [0.25, 0.3) is 0 Å². The Balaban J connectivity index is 2.00. The second-order valence-corrected chi connectivity index (χ2v) is 6.25. The molecule has 0 fully saturated rings. The van der Waals surface area contributed by atoms with Gasteiger partial charge in [0, 0.05) is 4.88 Å². The molecule has 2 N–H and O–H groups in total. The number of furan rings is 1. The van der Waals surface area contributed by atoms with Gasteiger partial charge in [-0.15, -0.1) is 11.3 Å². The van der Waals surface area contributed by atoms with Crippen LogP contribution in [0, 0.1) is 5.92 Å². The Kier molecular flexibility index (Phi) is 3.44. The summed E-state index contributed by atoms with van der Waals surface area (Å²) in [5.41, 5.74) is 7.24. The number of carbonyl (C=O) groups excluding carboxylic acids is 1. The molecule has 0 saturated heterocycles. The van der Waals surface area contributed by atoms with E-state index in [9.17, 15) is 4.79 Å². The molecule has 1 amide bonds. The van der Waals surface area contributed by atoms with E-state index in [-0.39, 0.29) is 5.91 Å². The fraction of sp³-hybridized carbons (Fsp3) is 0.333. The lowest BCUT2D eigenvalue weighted by Crippen LogP contribution is -2.16. The minimum Gasteiger partial charge on any atom is -0.463 e. The van der Waals surface area contributed by atoms with Crippen LogP contribution in [0.4, 0.5) is 5.00 Å². The maximum absolute atomic E-state index is 11.7. The third-order valence-electron chi connectivity index (χ3n) is 3.59. The van der Waals surface area contributed by atoms with Crippen LogP contribution in [0.5, 0.6) is 0 Å². The van der Waals surface area contributed by atoms with E-state index in [1.807, 2.05) is 6.07 Å². The molecule has 0 unspecified atom stereocenters. The van der Waals surface area contributed by atoms with Crippen LogP contribution in [0.2, 0.25) is 0 Å². The fourth-order valence-corrected chi connectivity index (χ4v) is 3.93. The van der Waals surface area contributed by atoms with Crippen molar-refractivity contribution < 1.29 is 9.21 Å². The SMILES string of the molecule is C[C@@H]1CCc2c(sc(N=Cc3ccco3)c2C(N)=O)C1. The first-order chi connectivity index (χ1) is 9.65. The van der Waals surface area contributed by atoms with Crippen molar-refractivity contribution in [1.82, 2.24) is 0 Å². The van der Waals surface area contributed by atoms with Gasteiger partial charge in [0.1, 0.15) is 10.8 Å². The van der Waals surface area contributed by atoms with Gasteiger partial charge in [-0.3, -0.25) is 4.79 Å². The van der Waals surface area contributed by atoms with Crippen LogP contribution < -0.4 is 5.73 Å². The summed E-state index contributed by atoms with van der Waals surface area (Å²) in [4.78, 5) is 17.4. The molecule has 1 aliphatic rings. The average Bonchev–Trinajstić information content (AvgIpc) is 3.02. The maximum Gasteiger partial charge on any atom is 0.252 e. The van der Waals surface area contributed by atoms with Crippen molar-refractivity contribution in [1.29, 1.82) is 0 Å². The Morgan fingerprint density at radius 2 is 2.45 bits per heavy atom. The van der Waals surface area contributed by atoms with Gasteiger partial charge in [-0.1, -0.05) is 6.92 Å². The summed E-state index contributed by atoms with van der Waals surface area (Å²) >= 11 is 1.58. The number of rotatable bonds is 3. The first-order valence-corrected chi connectivity index (χ1v) is 7.48. The molecule has 0 radical (unpaired) electrons. The molecule has 0 bridgehead atoms. The minimum atomic E-state index is -0.386. The van der Waals surface area contributed by atoms with Gasteiger partial charge < -0.3 is 10.2 Å². The second-order valence-electron chi connectivity index (χ2n) is 5.17. The Bertz CT molecular complexity index is 656. The van der Waals surface area contributed by atoms with Gasteiger partial charge in [-0.05, 0) is 42.9 Å². The molecule has 5 heteroatoms. The highest BCUT2D eigenvalue weighted by Gasteiger charge is 2.26. The van der Waals surface area contributed by atoms with Crippen molar-refractivity contribution in [2.45, 2.75) is 26.2 Å². The number of nitrogens with zero attached hydrogens (tertiary/aromatic N) is 1. The highest BCUT2D eigenvalue weighted by molar-refractivity contribution is 7.16. The van der Waals surface area contributed by atoms with E-state index in [1.54, 1.807) is 29.9 Å². The van der Waals surface area contributed by atoms with Crippen molar-refractivity contribution in [3.63, 3.8) is 0 Å². The van der Waals surface area contributed by atoms with Gasteiger partial charge in [-0.2, -0.15) is 0 Å². The predicted molar refractivity (Wildman–Crippen MR) is 80.0 cm³/mol. The van der Waals surface area contributed by atoms with Crippen LogP contribution >= 0.6 is 11.3 Å². The van der Waals surface area contributed by atoms with E-state index in [0.717, 1.165) is 24.8 Å². The molecule has 2 aromatic rings. The monoisotopic (exact) mass is 288 g/mol. The lowest BCUT2D eigenvalue weighted by atomic mass is 9.88. The Labute approximate surface area is 121 Å². The summed E-state index contributed by atoms with van der Waals surface area (Å²) in [6, 6.07) is 3.63. The number of aliphatic imine (C=N–C) groups is 1. The van der Waals surface area contributed by atoms with Crippen LogP contribution in [0.15, 0.2) is 27.8 Å². The largest absolute Gasteiger partial charge is 0.463 e. The number of fused-ring (bicyclic) bond motifs is 1. The Morgan fingerprint density at radius 1 is 1.60 bits per heavy atom. The van der Waals surface area contributed by atoms with E-state index in [4.69, 9.17) is 10.2 Å². The third kappa shape index (κ3) is 2.41. The number of hydrogen-bond acceptors (Lipinski definition) is 4. The van der Waals surface area contributed by atoms with Gasteiger partial charge in [0.15, 0.2) is 0 Å². The average molecular weight is 288 g/mol. The van der Waals surface area contributed by atoms with Gasteiger partial charge in [0.05, 0.1) is 18.0 Å². The van der Waals surface area contributed by atoms with Crippen LogP contribution in [0.1, 0.15) is 39.9 Å². The highest BCUT2D eigenvalue weighted by Crippen LogP contribution is 2.40. The van der Waals surface area contributed by atoms with Crippen molar-refractivity contribution in [2.24, 2.45) is 16.6 Å². The van der Waals surface area contributed by atoms with Crippen LogP contribution in [0.3, 0.4) is 0 Å². The molecule has 1 aliphatic carbocycles. The molecule has 0 aliphatic heterocycles. The number of hydrogen-bond donors (Lipinski definition) is 1. The van der Waals surface area contributed by atoms with Gasteiger partial charge in [0.2, 0.25) is 0 Å². The van der Waals surface area contributed by atoms with Gasteiger partial charge in [0.25, 0.3) is 5.91 Å². The topological polar surface area (TPSA) is 68.6 Å². The first kappa shape index (κ1) is 13.1. The number of nitrogens with two attached hydrogens (primary N) is 1. The first-order valence-electron chi connectivity index (χ1n) is 6.67. The molecule has 0 aromatic carbocycles. The van der Waals surface area contributed by atoms with Gasteiger partial charge in [-0.25, -0.2) is 4.99 Å². The smallest absolute Gasteiger partial charge is 0.252 e. The minimum absolute atomic E-state index is 0.386. The molecule has 0 spiro atoms. The Hall–Kier alpha value is -1.88. The number of carbonyl (C=O) groups is 1. The van der Waals surface area contributed by atoms with E-state index in [0.29, 0.717) is 22.2 Å². The van der Waals surface area contributed by atoms with Crippen molar-refractivity contribution in [3.8, 4) is 0 Å². The summed E-state index contributed by atoms with van der Waals surface area (Å²) in [7, 11) is 0. The molecule has 1 atom stereocenters. The lowest BCUT2D eigenvalue weighted by Gasteiger charge is -2.18. The molecule has 104 valence electrons. The highest BCUT2D eigenvalue weighted by atomic mass is 32.1. The van der Waals surface area contributed by atoms with E-state index in [1.165, 1.54) is 4.88 Å². The molecule has 2 heterocycles. The number of thiophene rings is 1. The predicted octanol–water partition coefficient (Wildman–Crippen LogP) is 3.32. The molecule has 2 aromatic heterocycles. The lowest BCUT2D eigenvalue weighted by molar-refractivity contribution is 0.1000. The number of amides is 1. The zero-order chi connectivity index (χ0) is 14.1. The summed E-state index contributed by atoms with van der Waals surface area (Å²) in [6.07, 6.45) is 6.26. The van der Waals surface area contributed by atoms with E-state index in [2.05, 4.69) is 11.9 Å². The normalized spacial score (nSPS) is 18.4. The van der Waals surface area contributed by atoms with Crippen molar-refractivity contribution >= 4 is 28.5 Å². The molecule has 3 rings (SSSR count). The Morgan fingerprint density at radius 3 is 3.15 bits per heavy atom. The molecular formula is C15H16N2O2S. The van der Waals surface area contributed by atoms with E-state index >= 15 is 0 Å². The van der Waals surface area contributed by atoms with Crippen LogP contribution in [-0.2, 0) is 12.8 Å².